The lowest BCUT2D eigenvalue weighted by molar-refractivity contribution is -0.191. The smallest absolute Gasteiger partial charge is 0.326 e. The van der Waals surface area contributed by atoms with Gasteiger partial charge in [0.1, 0.15) is 0 Å². The van der Waals surface area contributed by atoms with Gasteiger partial charge in [-0.05, 0) is 176 Å². The lowest BCUT2D eigenvalue weighted by Gasteiger charge is -2.56. The van der Waals surface area contributed by atoms with Gasteiger partial charge in [0.25, 0.3) is 0 Å². The molecule has 4 aromatic rings. The summed E-state index contributed by atoms with van der Waals surface area (Å²) in [5.74, 6) is 2.38. The van der Waals surface area contributed by atoms with Crippen LogP contribution in [0, 0.1) is 45.4 Å². The molecule has 4 bridgehead atoms. The highest BCUT2D eigenvalue weighted by atomic mass is 35.5. The molecule has 0 radical (unpaired) electrons. The Morgan fingerprint density at radius 3 is 1.78 bits per heavy atom. The number of carbonyl (C=O) groups excluding carboxylic acids is 3. The molecule has 272 valence electrons. The summed E-state index contributed by atoms with van der Waals surface area (Å²) in [6.07, 6.45) is 6.15. The molecule has 2 aromatic carbocycles. The number of hydrogen-bond acceptors (Lipinski definition) is 8. The van der Waals surface area contributed by atoms with Crippen molar-refractivity contribution >= 4 is 67.2 Å². The van der Waals surface area contributed by atoms with Gasteiger partial charge in [0.15, 0.2) is 5.78 Å². The van der Waals surface area contributed by atoms with Gasteiger partial charge >= 0.3 is 6.15 Å². The van der Waals surface area contributed by atoms with Crippen molar-refractivity contribution in [3.63, 3.8) is 0 Å². The van der Waals surface area contributed by atoms with Crippen molar-refractivity contribution in [3.8, 4) is 0 Å². The number of benzene rings is 2. The van der Waals surface area contributed by atoms with Gasteiger partial charge in [-0.3, -0.25) is 14.6 Å². The fourth-order valence-electron chi connectivity index (χ4n) is 8.78. The summed E-state index contributed by atoms with van der Waals surface area (Å²) >= 11 is 3.52. The maximum Gasteiger partial charge on any atom is 0.373 e. The molecule has 6 aliphatic heterocycles. The molecule has 6 nitrogen and oxygen atoms in total. The van der Waals surface area contributed by atoms with E-state index in [1.165, 1.54) is 94.3 Å². The van der Waals surface area contributed by atoms with Crippen molar-refractivity contribution in [1.82, 2.24) is 9.80 Å². The van der Waals surface area contributed by atoms with Crippen molar-refractivity contribution in [2.75, 3.05) is 26.2 Å². The van der Waals surface area contributed by atoms with Crippen molar-refractivity contribution < 1.29 is 14.4 Å². The summed E-state index contributed by atoms with van der Waals surface area (Å²) in [5, 5.41) is 4.75. The maximum absolute atomic E-state index is 13.0. The van der Waals surface area contributed by atoms with Crippen LogP contribution in [-0.2, 0) is 9.59 Å². The number of aryl methyl sites for hydroxylation is 4. The molecule has 0 amide bonds. The molecule has 8 heterocycles. The third kappa shape index (κ3) is 8.13. The van der Waals surface area contributed by atoms with Crippen LogP contribution >= 0.6 is 35.1 Å². The summed E-state index contributed by atoms with van der Waals surface area (Å²) in [6, 6.07) is 13.4. The lowest BCUT2D eigenvalue weighted by atomic mass is 9.65. The fourth-order valence-corrected chi connectivity index (χ4v) is 10.9. The molecule has 2 atom stereocenters. The summed E-state index contributed by atoms with van der Waals surface area (Å²) in [6.45, 7) is 22.9. The van der Waals surface area contributed by atoms with Crippen molar-refractivity contribution in [2.24, 2.45) is 23.5 Å². The highest BCUT2D eigenvalue weighted by Crippen LogP contribution is 2.46. The van der Waals surface area contributed by atoms with Crippen LogP contribution in [0.1, 0.15) is 91.7 Å². The summed E-state index contributed by atoms with van der Waals surface area (Å²) in [4.78, 5) is 35.4. The van der Waals surface area contributed by atoms with Gasteiger partial charge in [-0.25, -0.2) is 0 Å². The number of piperidine rings is 6. The Kier molecular flexibility index (Phi) is 13.3. The van der Waals surface area contributed by atoms with E-state index in [2.05, 4.69) is 107 Å². The molecule has 2 N–H and O–H groups in total. The molecule has 0 saturated carbocycles. The first-order chi connectivity index (χ1) is 23.2. The predicted octanol–water partition coefficient (Wildman–Crippen LogP) is 9.39. The first-order valence-corrected chi connectivity index (χ1v) is 19.6. The summed E-state index contributed by atoms with van der Waals surface area (Å²) in [5.41, 5.74) is 12.0. The molecular formula is C41H56ClN3O3S2. The topological polar surface area (TPSA) is 83.7 Å². The minimum atomic E-state index is 0. The average Bonchev–Trinajstić information content (AvgIpc) is 3.75. The maximum atomic E-state index is 13.0. The number of Topliss-reactive ketones (excluding diaryl/α,β-unsaturated/α-hetero) is 1. The van der Waals surface area contributed by atoms with Crippen LogP contribution in [0.4, 0.5) is 0 Å². The van der Waals surface area contributed by atoms with E-state index >= 15 is 0 Å². The number of hydrogen-bond donors (Lipinski definition) is 1. The quantitative estimate of drug-likeness (QED) is 0.211. The lowest BCUT2D eigenvalue weighted by Crippen LogP contribution is -2.67. The van der Waals surface area contributed by atoms with Gasteiger partial charge in [0.05, 0.1) is 4.88 Å². The molecule has 2 aromatic heterocycles. The number of halogens is 1. The largest absolute Gasteiger partial charge is 0.373 e. The standard InChI is InChI=1S/C21H27NOS.C10H10S.C9H18N2.CO2.ClH/c1-13-5-6-16-11-19(24-20(16)14(13)2)18(23)12-17-15-7-9-22(10-8-15)21(17,3)4;1-7-3-4-9-5-6-11-10(9)8(7)2;1-9(2)8(10)7-3-5-11(9)6-4-7;2-1-3;/h5-6,11,15,17H,7-10,12H2,1-4H3;3-6H,1-2H3;7-8H,3-6,10H2,1-2H3;;1H/t17-;;8-;;/m1.1../s1. The van der Waals surface area contributed by atoms with Crippen molar-refractivity contribution in [3.05, 3.63) is 68.9 Å². The van der Waals surface area contributed by atoms with Crippen LogP contribution in [0.25, 0.3) is 20.2 Å². The summed E-state index contributed by atoms with van der Waals surface area (Å²) in [7, 11) is 0. The van der Waals surface area contributed by atoms with Crippen LogP contribution in [0.5, 0.6) is 0 Å². The van der Waals surface area contributed by atoms with E-state index in [0.29, 0.717) is 24.2 Å². The van der Waals surface area contributed by atoms with E-state index in [0.717, 1.165) is 16.7 Å². The Morgan fingerprint density at radius 2 is 1.28 bits per heavy atom. The molecule has 9 heteroatoms. The normalized spacial score (nSPS) is 26.7. The number of thiophene rings is 2. The molecular weight excluding hydrogens is 682 g/mol. The molecule has 6 saturated heterocycles. The van der Waals surface area contributed by atoms with Gasteiger partial charge in [0, 0.05) is 32.9 Å². The average molecular weight is 739 g/mol. The monoisotopic (exact) mass is 737 g/mol. The van der Waals surface area contributed by atoms with E-state index in [1.54, 1.807) is 11.3 Å². The molecule has 6 fully saturated rings. The van der Waals surface area contributed by atoms with E-state index < -0.39 is 0 Å². The summed E-state index contributed by atoms with van der Waals surface area (Å²) < 4.78 is 2.72. The highest BCUT2D eigenvalue weighted by Gasteiger charge is 2.48. The van der Waals surface area contributed by atoms with E-state index in [9.17, 15) is 4.79 Å². The second-order valence-corrected chi connectivity index (χ2v) is 17.7. The van der Waals surface area contributed by atoms with Gasteiger partial charge < -0.3 is 5.73 Å². The second-order valence-electron chi connectivity index (χ2n) is 15.7. The van der Waals surface area contributed by atoms with Crippen molar-refractivity contribution in [1.29, 1.82) is 0 Å². The number of ketones is 1. The van der Waals surface area contributed by atoms with Crippen LogP contribution in [-0.4, -0.2) is 65.0 Å². The highest BCUT2D eigenvalue weighted by molar-refractivity contribution is 7.21. The molecule has 0 spiro atoms. The van der Waals surface area contributed by atoms with Gasteiger partial charge in [-0.2, -0.15) is 9.59 Å². The number of fused-ring (bicyclic) bond motifs is 8. The van der Waals surface area contributed by atoms with Crippen molar-refractivity contribution in [2.45, 2.75) is 105 Å². The number of carbonyl (C=O) groups is 1. The molecule has 0 aliphatic carbocycles. The van der Waals surface area contributed by atoms with Crippen LogP contribution in [0.15, 0.2) is 41.8 Å². The number of rotatable bonds is 3. The van der Waals surface area contributed by atoms with E-state index in [-0.39, 0.29) is 29.6 Å². The SMILES string of the molecule is CC1(C)[C@H](N)C2CCN1CC2.Cc1ccc2cc(C(=O)C[C@@H]3C4CCN(CC4)C3(C)C)sc2c1C.Cc1ccc2ccsc2c1C.Cl.O=C=O. The Morgan fingerprint density at radius 1 is 0.780 bits per heavy atom. The minimum absolute atomic E-state index is 0. The molecule has 0 unspecified atom stereocenters. The minimum Gasteiger partial charge on any atom is -0.326 e. The van der Waals surface area contributed by atoms with Gasteiger partial charge in [0.2, 0.25) is 0 Å². The second kappa shape index (κ2) is 16.5. The van der Waals surface area contributed by atoms with Crippen LogP contribution in [0.3, 0.4) is 0 Å². The number of nitrogens with two attached hydrogens (primary N) is 1. The zero-order chi connectivity index (χ0) is 35.7. The molecule has 6 aliphatic rings. The van der Waals surface area contributed by atoms with Gasteiger partial charge in [-0.1, -0.05) is 24.3 Å². The number of nitrogens with zero attached hydrogens (tertiary/aromatic N) is 2. The zero-order valence-electron chi connectivity index (χ0n) is 31.1. The third-order valence-corrected chi connectivity index (χ3v) is 14.9. The van der Waals surface area contributed by atoms with Crippen LogP contribution in [0.2, 0.25) is 0 Å². The fraction of sp³-hybridized carbons (Fsp3) is 0.561. The first-order valence-electron chi connectivity index (χ1n) is 17.9. The predicted molar refractivity (Wildman–Crippen MR) is 212 cm³/mol. The third-order valence-electron chi connectivity index (χ3n) is 12.5. The Hall–Kier alpha value is -2.42. The van der Waals surface area contributed by atoms with E-state index in [1.807, 2.05) is 11.3 Å². The van der Waals surface area contributed by atoms with E-state index in [4.69, 9.17) is 15.3 Å². The van der Waals surface area contributed by atoms with Crippen LogP contribution < -0.4 is 5.73 Å². The first kappa shape index (κ1) is 40.4. The Labute approximate surface area is 313 Å². The molecule has 50 heavy (non-hydrogen) atoms. The Balaban J connectivity index is 0.000000180. The van der Waals surface area contributed by atoms with Gasteiger partial charge in [-0.15, -0.1) is 35.1 Å². The molecule has 10 rings (SSSR count). The zero-order valence-corrected chi connectivity index (χ0v) is 33.6. The Bertz CT molecular complexity index is 1800.